The molecule has 1 aromatic heterocycles. The van der Waals surface area contributed by atoms with Crippen LogP contribution < -0.4 is 5.32 Å². The number of hydrogen-bond acceptors (Lipinski definition) is 3. The van der Waals surface area contributed by atoms with E-state index in [4.69, 9.17) is 23.2 Å². The number of anilines is 2. The zero-order chi connectivity index (χ0) is 12.4. The summed E-state index contributed by atoms with van der Waals surface area (Å²) < 4.78 is 1.37. The molecule has 88 valence electrons. The maximum Gasteiger partial charge on any atom is 0.149 e. The summed E-state index contributed by atoms with van der Waals surface area (Å²) >= 11 is 18.6. The molecule has 0 unspecified atom stereocenters. The minimum absolute atomic E-state index is 0.348. The van der Waals surface area contributed by atoms with Crippen LogP contribution in [-0.2, 0) is 0 Å². The van der Waals surface area contributed by atoms with E-state index in [2.05, 4.69) is 47.1 Å². The largest absolute Gasteiger partial charge is 0.338 e. The molecule has 0 atom stereocenters. The molecule has 1 N–H and O–H groups in total. The van der Waals surface area contributed by atoms with E-state index < -0.39 is 0 Å². The van der Waals surface area contributed by atoms with Crippen LogP contribution >= 0.6 is 55.1 Å². The monoisotopic (exact) mass is 395 g/mol. The smallest absolute Gasteiger partial charge is 0.149 e. The Labute approximate surface area is 125 Å². The third-order valence-corrected chi connectivity index (χ3v) is 4.62. The highest BCUT2D eigenvalue weighted by molar-refractivity contribution is 9.11. The van der Waals surface area contributed by atoms with E-state index in [1.54, 1.807) is 6.07 Å². The molecule has 0 spiro atoms. The summed E-state index contributed by atoms with van der Waals surface area (Å²) in [6.45, 7) is 0. The maximum absolute atomic E-state index is 5.99. The Morgan fingerprint density at radius 1 is 1.06 bits per heavy atom. The second-order valence-electron chi connectivity index (χ2n) is 3.05. The normalized spacial score (nSPS) is 10.4. The van der Waals surface area contributed by atoms with Crippen molar-refractivity contribution in [2.75, 3.05) is 5.32 Å². The molecule has 1 heterocycles. The fourth-order valence-electron chi connectivity index (χ4n) is 1.16. The maximum atomic E-state index is 5.99. The number of nitrogens with one attached hydrogen (secondary N) is 1. The van der Waals surface area contributed by atoms with Crippen molar-refractivity contribution in [2.45, 2.75) is 0 Å². The third-order valence-electron chi connectivity index (χ3n) is 1.95. The summed E-state index contributed by atoms with van der Waals surface area (Å²) in [6, 6.07) is 5.50. The highest BCUT2D eigenvalue weighted by atomic mass is 79.9. The van der Waals surface area contributed by atoms with Crippen LogP contribution in [0.2, 0.25) is 10.2 Å². The van der Waals surface area contributed by atoms with Crippen molar-refractivity contribution in [3.8, 4) is 0 Å². The molecule has 0 saturated carbocycles. The van der Waals surface area contributed by atoms with Gasteiger partial charge in [-0.05, 0) is 44.0 Å². The second kappa shape index (κ2) is 5.52. The first-order valence-electron chi connectivity index (χ1n) is 4.46. The average molecular weight is 398 g/mol. The summed E-state index contributed by atoms with van der Waals surface area (Å²) in [5.74, 6) is 0.577. The summed E-state index contributed by atoms with van der Waals surface area (Å²) in [4.78, 5) is 7.94. The Balaban J connectivity index is 2.38. The summed E-state index contributed by atoms with van der Waals surface area (Å²) in [6.07, 6.45) is 1.38. The van der Waals surface area contributed by atoms with E-state index in [-0.39, 0.29) is 0 Å². The molecular weight excluding hydrogens is 393 g/mol. The summed E-state index contributed by atoms with van der Waals surface area (Å²) in [5.41, 5.74) is 0.799. The zero-order valence-corrected chi connectivity index (χ0v) is 12.9. The predicted molar refractivity (Wildman–Crippen MR) is 77.2 cm³/mol. The van der Waals surface area contributed by atoms with Crippen molar-refractivity contribution in [3.05, 3.63) is 43.6 Å². The lowest BCUT2D eigenvalue weighted by molar-refractivity contribution is 1.15. The van der Waals surface area contributed by atoms with Crippen LogP contribution in [0.15, 0.2) is 33.5 Å². The summed E-state index contributed by atoms with van der Waals surface area (Å²) in [5, 5.41) is 4.07. The Morgan fingerprint density at radius 3 is 2.59 bits per heavy atom. The number of rotatable bonds is 2. The van der Waals surface area contributed by atoms with Gasteiger partial charge in [0.15, 0.2) is 0 Å². The van der Waals surface area contributed by atoms with Gasteiger partial charge in [0.25, 0.3) is 0 Å². The molecule has 2 rings (SSSR count). The van der Waals surface area contributed by atoms with Gasteiger partial charge in [-0.15, -0.1) is 0 Å². The van der Waals surface area contributed by atoms with Crippen LogP contribution in [0.1, 0.15) is 0 Å². The van der Waals surface area contributed by atoms with Gasteiger partial charge in [-0.3, -0.25) is 0 Å². The molecule has 0 amide bonds. The van der Waals surface area contributed by atoms with Gasteiger partial charge in [-0.25, -0.2) is 9.97 Å². The van der Waals surface area contributed by atoms with E-state index in [1.165, 1.54) is 6.33 Å². The van der Waals surface area contributed by atoms with E-state index in [1.807, 2.05) is 12.1 Å². The fraction of sp³-hybridized carbons (Fsp3) is 0. The van der Waals surface area contributed by atoms with E-state index in [0.29, 0.717) is 20.5 Å². The average Bonchev–Trinajstić information content (AvgIpc) is 2.31. The molecule has 17 heavy (non-hydrogen) atoms. The van der Waals surface area contributed by atoms with Gasteiger partial charge in [0.05, 0.1) is 19.7 Å². The van der Waals surface area contributed by atoms with Crippen LogP contribution in [0.4, 0.5) is 11.5 Å². The van der Waals surface area contributed by atoms with Crippen LogP contribution in [0.5, 0.6) is 0 Å². The molecule has 3 nitrogen and oxygen atoms in total. The molecule has 1 aromatic carbocycles. The van der Waals surface area contributed by atoms with Crippen LogP contribution in [0, 0.1) is 0 Å². The number of halogens is 4. The van der Waals surface area contributed by atoms with Crippen molar-refractivity contribution in [3.63, 3.8) is 0 Å². The molecule has 0 aliphatic carbocycles. The minimum atomic E-state index is 0.348. The van der Waals surface area contributed by atoms with E-state index >= 15 is 0 Å². The van der Waals surface area contributed by atoms with Gasteiger partial charge in [0.1, 0.15) is 17.3 Å². The highest BCUT2D eigenvalue weighted by Gasteiger charge is 2.09. The molecular formula is C10H5Br2Cl2N3. The Hall–Kier alpha value is -0.360. The second-order valence-corrected chi connectivity index (χ2v) is 5.40. The molecule has 0 aliphatic heterocycles. The predicted octanol–water partition coefficient (Wildman–Crippen LogP) is 5.05. The zero-order valence-electron chi connectivity index (χ0n) is 8.22. The third kappa shape index (κ3) is 2.91. The molecule has 7 heteroatoms. The molecule has 0 saturated heterocycles. The van der Waals surface area contributed by atoms with Gasteiger partial charge in [-0.2, -0.15) is 0 Å². The molecule has 0 aliphatic rings. The van der Waals surface area contributed by atoms with Crippen LogP contribution in [0.25, 0.3) is 0 Å². The Bertz CT molecular complexity index is 514. The van der Waals surface area contributed by atoms with Gasteiger partial charge in [-0.1, -0.05) is 29.3 Å². The fourth-order valence-corrected chi connectivity index (χ4v) is 2.14. The standard InChI is InChI=1S/C10H5Br2Cl2N3/c11-7-5(13)2-1-3-6(7)17-10-8(12)9(14)15-4-16-10/h1-4H,(H,15,16,17). The first-order chi connectivity index (χ1) is 8.09. The van der Waals surface area contributed by atoms with Crippen molar-refractivity contribution in [2.24, 2.45) is 0 Å². The van der Waals surface area contributed by atoms with E-state index in [0.717, 1.165) is 10.2 Å². The Kier molecular flexibility index (Phi) is 4.25. The number of nitrogens with zero attached hydrogens (tertiary/aromatic N) is 2. The van der Waals surface area contributed by atoms with Gasteiger partial charge in [0.2, 0.25) is 0 Å². The SMILES string of the molecule is Clc1cccc(Nc2ncnc(Cl)c2Br)c1Br. The lowest BCUT2D eigenvalue weighted by atomic mass is 10.3. The quantitative estimate of drug-likeness (QED) is 0.720. The van der Waals surface area contributed by atoms with Crippen LogP contribution in [-0.4, -0.2) is 9.97 Å². The van der Waals surface area contributed by atoms with Crippen molar-refractivity contribution < 1.29 is 0 Å². The lowest BCUT2D eigenvalue weighted by Crippen LogP contribution is -1.97. The molecule has 0 bridgehead atoms. The molecule has 0 fully saturated rings. The minimum Gasteiger partial charge on any atom is -0.338 e. The molecule has 2 aromatic rings. The van der Waals surface area contributed by atoms with Crippen molar-refractivity contribution in [1.29, 1.82) is 0 Å². The van der Waals surface area contributed by atoms with Gasteiger partial charge >= 0.3 is 0 Å². The van der Waals surface area contributed by atoms with E-state index in [9.17, 15) is 0 Å². The first-order valence-corrected chi connectivity index (χ1v) is 6.81. The lowest BCUT2D eigenvalue weighted by Gasteiger charge is -2.10. The number of hydrogen-bond donors (Lipinski definition) is 1. The van der Waals surface area contributed by atoms with Crippen molar-refractivity contribution >= 4 is 66.6 Å². The number of aromatic nitrogens is 2. The topological polar surface area (TPSA) is 37.8 Å². The number of benzene rings is 1. The van der Waals surface area contributed by atoms with Gasteiger partial charge in [0, 0.05) is 0 Å². The van der Waals surface area contributed by atoms with Gasteiger partial charge < -0.3 is 5.32 Å². The van der Waals surface area contributed by atoms with Crippen molar-refractivity contribution in [1.82, 2.24) is 9.97 Å². The molecule has 0 radical (unpaired) electrons. The highest BCUT2D eigenvalue weighted by Crippen LogP contribution is 2.34. The first kappa shape index (κ1) is 13.1. The van der Waals surface area contributed by atoms with Crippen LogP contribution in [0.3, 0.4) is 0 Å². The summed E-state index contributed by atoms with van der Waals surface area (Å²) in [7, 11) is 0. The Morgan fingerprint density at radius 2 is 1.82 bits per heavy atom.